The summed E-state index contributed by atoms with van der Waals surface area (Å²) in [7, 11) is 0. The number of benzene rings is 1. The Balaban J connectivity index is 1.74. The van der Waals surface area contributed by atoms with Gasteiger partial charge >= 0.3 is 0 Å². The summed E-state index contributed by atoms with van der Waals surface area (Å²) in [6.45, 7) is 7.60. The zero-order valence-corrected chi connectivity index (χ0v) is 15.9. The number of nitrogens with zero attached hydrogens (tertiary/aromatic N) is 3. The Morgan fingerprint density at radius 3 is 2.59 bits per heavy atom. The molecule has 8 nitrogen and oxygen atoms in total. The smallest absolute Gasteiger partial charge is 0.270 e. The molecule has 0 aromatic heterocycles. The number of piperidine rings is 1. The highest BCUT2D eigenvalue weighted by Crippen LogP contribution is 2.28. The maximum atomic E-state index is 12.9. The highest BCUT2D eigenvalue weighted by atomic mass is 16.6. The molecule has 2 heterocycles. The van der Waals surface area contributed by atoms with E-state index in [-0.39, 0.29) is 17.6 Å². The number of non-ortho nitro benzene ring substituents is 1. The number of ether oxygens (including phenoxy) is 1. The summed E-state index contributed by atoms with van der Waals surface area (Å²) in [5, 5.41) is 14.2. The second-order valence-electron chi connectivity index (χ2n) is 7.29. The molecule has 0 aliphatic carbocycles. The Morgan fingerprint density at radius 1 is 1.22 bits per heavy atom. The van der Waals surface area contributed by atoms with Gasteiger partial charge in [-0.25, -0.2) is 0 Å². The highest BCUT2D eigenvalue weighted by molar-refractivity contribution is 6.00. The van der Waals surface area contributed by atoms with Crippen molar-refractivity contribution in [1.29, 1.82) is 0 Å². The van der Waals surface area contributed by atoms with Gasteiger partial charge in [-0.15, -0.1) is 0 Å². The molecule has 1 unspecified atom stereocenters. The summed E-state index contributed by atoms with van der Waals surface area (Å²) in [5.41, 5.74) is 1.12. The van der Waals surface area contributed by atoms with Gasteiger partial charge in [-0.2, -0.15) is 0 Å². The van der Waals surface area contributed by atoms with Crippen LogP contribution in [0.15, 0.2) is 18.2 Å². The van der Waals surface area contributed by atoms with Crippen molar-refractivity contribution in [2.45, 2.75) is 32.2 Å². The Kier molecular flexibility index (Phi) is 6.63. The number of hydrogen-bond acceptors (Lipinski definition) is 6. The number of nitro benzene ring substituents is 1. The predicted octanol–water partition coefficient (Wildman–Crippen LogP) is 2.04. The van der Waals surface area contributed by atoms with Crippen LogP contribution in [0.3, 0.4) is 0 Å². The van der Waals surface area contributed by atoms with Crippen LogP contribution in [0.5, 0.6) is 0 Å². The van der Waals surface area contributed by atoms with Gasteiger partial charge in [0.2, 0.25) is 0 Å². The molecule has 0 saturated carbocycles. The minimum atomic E-state index is -0.450. The van der Waals surface area contributed by atoms with Gasteiger partial charge in [-0.1, -0.05) is 0 Å². The fraction of sp³-hybridized carbons (Fsp3) is 0.632. The molecule has 27 heavy (non-hydrogen) atoms. The van der Waals surface area contributed by atoms with E-state index in [4.69, 9.17) is 4.74 Å². The van der Waals surface area contributed by atoms with Crippen LogP contribution in [0.1, 0.15) is 36.5 Å². The van der Waals surface area contributed by atoms with Crippen molar-refractivity contribution in [3.63, 3.8) is 0 Å². The lowest BCUT2D eigenvalue weighted by Gasteiger charge is -2.31. The molecule has 1 aromatic rings. The average Bonchev–Trinajstić information content (AvgIpc) is 2.68. The number of morpholine rings is 1. The van der Waals surface area contributed by atoms with Gasteiger partial charge in [0.25, 0.3) is 11.6 Å². The highest BCUT2D eigenvalue weighted by Gasteiger charge is 2.23. The van der Waals surface area contributed by atoms with Gasteiger partial charge in [0.15, 0.2) is 0 Å². The van der Waals surface area contributed by atoms with Crippen molar-refractivity contribution in [3.05, 3.63) is 33.9 Å². The quantitative estimate of drug-likeness (QED) is 0.604. The van der Waals surface area contributed by atoms with E-state index in [2.05, 4.69) is 15.1 Å². The largest absolute Gasteiger partial charge is 0.379 e. The molecule has 148 valence electrons. The fourth-order valence-electron chi connectivity index (χ4n) is 3.75. The number of hydrogen-bond donors (Lipinski definition) is 1. The van der Waals surface area contributed by atoms with Crippen molar-refractivity contribution in [2.75, 3.05) is 50.8 Å². The molecular formula is C19H28N4O4. The van der Waals surface area contributed by atoms with Gasteiger partial charge in [-0.05, 0) is 32.3 Å². The predicted molar refractivity (Wildman–Crippen MR) is 103 cm³/mol. The first-order chi connectivity index (χ1) is 13.0. The van der Waals surface area contributed by atoms with Crippen LogP contribution in [-0.4, -0.2) is 67.7 Å². The molecule has 2 fully saturated rings. The van der Waals surface area contributed by atoms with Gasteiger partial charge in [0, 0.05) is 50.9 Å². The molecule has 3 rings (SSSR count). The summed E-state index contributed by atoms with van der Waals surface area (Å²) in [5.74, 6) is -0.250. The van der Waals surface area contributed by atoms with Crippen LogP contribution in [-0.2, 0) is 4.74 Å². The van der Waals surface area contributed by atoms with Crippen molar-refractivity contribution < 1.29 is 14.5 Å². The number of nitro groups is 1. The van der Waals surface area contributed by atoms with Gasteiger partial charge in [-0.3, -0.25) is 19.8 Å². The lowest BCUT2D eigenvalue weighted by Crippen LogP contribution is -2.46. The monoisotopic (exact) mass is 376 g/mol. The van der Waals surface area contributed by atoms with Crippen LogP contribution < -0.4 is 10.2 Å². The first-order valence-electron chi connectivity index (χ1n) is 9.69. The molecule has 2 aliphatic rings. The Bertz CT molecular complexity index is 670. The summed E-state index contributed by atoms with van der Waals surface area (Å²) in [6.07, 6.45) is 3.33. The van der Waals surface area contributed by atoms with Crippen molar-refractivity contribution in [2.24, 2.45) is 0 Å². The average molecular weight is 376 g/mol. The summed E-state index contributed by atoms with van der Waals surface area (Å²) in [4.78, 5) is 28.1. The fourth-order valence-corrected chi connectivity index (χ4v) is 3.75. The molecule has 2 saturated heterocycles. The Labute approximate surface area is 159 Å². The molecule has 0 radical (unpaired) electrons. The van der Waals surface area contributed by atoms with E-state index in [1.807, 2.05) is 6.92 Å². The van der Waals surface area contributed by atoms with Crippen LogP contribution in [0.25, 0.3) is 0 Å². The Hall–Kier alpha value is -2.19. The van der Waals surface area contributed by atoms with E-state index in [1.165, 1.54) is 18.6 Å². The maximum absolute atomic E-state index is 12.9. The first-order valence-corrected chi connectivity index (χ1v) is 9.69. The maximum Gasteiger partial charge on any atom is 0.270 e. The van der Waals surface area contributed by atoms with Crippen molar-refractivity contribution >= 4 is 17.3 Å². The van der Waals surface area contributed by atoms with E-state index in [1.54, 1.807) is 6.07 Å². The van der Waals surface area contributed by atoms with Gasteiger partial charge in [0.1, 0.15) is 0 Å². The molecule has 1 aromatic carbocycles. The first kappa shape index (κ1) is 19.6. The van der Waals surface area contributed by atoms with E-state index < -0.39 is 4.92 Å². The molecule has 8 heteroatoms. The summed E-state index contributed by atoms with van der Waals surface area (Å²) in [6, 6.07) is 4.55. The molecule has 1 N–H and O–H groups in total. The molecule has 0 spiro atoms. The SMILES string of the molecule is CC(CN1CCOCC1)NC(=O)c1cc([N+](=O)[O-])ccc1N1CCCCC1. The number of carbonyl (C=O) groups is 1. The second kappa shape index (κ2) is 9.14. The van der Waals surface area contributed by atoms with E-state index in [9.17, 15) is 14.9 Å². The van der Waals surface area contributed by atoms with E-state index in [0.29, 0.717) is 18.8 Å². The zero-order chi connectivity index (χ0) is 19.2. The standard InChI is InChI=1S/C19H28N4O4/c1-15(14-21-9-11-27-12-10-21)20-19(24)17-13-16(23(25)26)5-6-18(17)22-7-3-2-4-8-22/h5-6,13,15H,2-4,7-12,14H2,1H3,(H,20,24). The molecule has 1 atom stereocenters. The lowest BCUT2D eigenvalue weighted by molar-refractivity contribution is -0.384. The van der Waals surface area contributed by atoms with E-state index in [0.717, 1.165) is 51.3 Å². The molecular weight excluding hydrogens is 348 g/mol. The van der Waals surface area contributed by atoms with Gasteiger partial charge in [0.05, 0.1) is 29.4 Å². The van der Waals surface area contributed by atoms with Gasteiger partial charge < -0.3 is 15.0 Å². The third-order valence-corrected chi connectivity index (χ3v) is 5.15. The topological polar surface area (TPSA) is 87.9 Å². The van der Waals surface area contributed by atoms with Crippen LogP contribution in [0, 0.1) is 10.1 Å². The molecule has 1 amide bonds. The number of carbonyl (C=O) groups excluding carboxylic acids is 1. The summed E-state index contributed by atoms with van der Waals surface area (Å²) < 4.78 is 5.35. The number of amides is 1. The third kappa shape index (κ3) is 5.17. The van der Waals surface area contributed by atoms with Crippen molar-refractivity contribution in [3.8, 4) is 0 Å². The second-order valence-corrected chi connectivity index (χ2v) is 7.29. The number of rotatable bonds is 6. The zero-order valence-electron chi connectivity index (χ0n) is 15.9. The number of anilines is 1. The van der Waals surface area contributed by atoms with Crippen LogP contribution >= 0.6 is 0 Å². The molecule has 0 bridgehead atoms. The summed E-state index contributed by atoms with van der Waals surface area (Å²) >= 11 is 0. The molecule has 2 aliphatic heterocycles. The van der Waals surface area contributed by atoms with Crippen molar-refractivity contribution in [1.82, 2.24) is 10.2 Å². The van der Waals surface area contributed by atoms with E-state index >= 15 is 0 Å². The lowest BCUT2D eigenvalue weighted by atomic mass is 10.1. The minimum Gasteiger partial charge on any atom is -0.379 e. The Morgan fingerprint density at radius 2 is 1.93 bits per heavy atom. The van der Waals surface area contributed by atoms with Crippen LogP contribution in [0.4, 0.5) is 11.4 Å². The minimum absolute atomic E-state index is 0.0518. The van der Waals surface area contributed by atoms with Crippen LogP contribution in [0.2, 0.25) is 0 Å². The normalized spacial score (nSPS) is 19.5. The third-order valence-electron chi connectivity index (χ3n) is 5.15. The number of nitrogens with one attached hydrogen (secondary N) is 1.